The highest BCUT2D eigenvalue weighted by atomic mass is 16.5. The minimum absolute atomic E-state index is 0.261. The maximum Gasteiger partial charge on any atom is 0.330 e. The van der Waals surface area contributed by atoms with Crippen LogP contribution in [-0.2, 0) is 9.53 Å². The van der Waals surface area contributed by atoms with Crippen LogP contribution in [0.25, 0.3) is 0 Å². The van der Waals surface area contributed by atoms with E-state index in [4.69, 9.17) is 9.84 Å². The van der Waals surface area contributed by atoms with Crippen molar-refractivity contribution in [3.05, 3.63) is 12.2 Å². The number of unbranched alkanes of at least 4 members (excludes halogenated alkanes) is 4. The van der Waals surface area contributed by atoms with E-state index in [1.807, 2.05) is 0 Å². The van der Waals surface area contributed by atoms with Crippen LogP contribution < -0.4 is 0 Å². The maximum atomic E-state index is 10.8. The predicted molar refractivity (Wildman–Crippen MR) is 55.9 cm³/mol. The second-order valence-corrected chi connectivity index (χ2v) is 3.16. The van der Waals surface area contributed by atoms with Gasteiger partial charge in [-0.2, -0.15) is 0 Å². The van der Waals surface area contributed by atoms with Crippen LogP contribution in [-0.4, -0.2) is 24.3 Å². The SMILES string of the molecule is C/C=C/C(=O)OCCCCCCCO. The molecule has 0 unspecified atom stereocenters. The smallest absolute Gasteiger partial charge is 0.330 e. The maximum absolute atomic E-state index is 10.8. The molecule has 3 heteroatoms. The largest absolute Gasteiger partial charge is 0.463 e. The lowest BCUT2D eigenvalue weighted by Crippen LogP contribution is -2.01. The molecule has 0 saturated heterocycles. The highest BCUT2D eigenvalue weighted by Gasteiger charge is 1.95. The zero-order chi connectivity index (χ0) is 10.6. The lowest BCUT2D eigenvalue weighted by Gasteiger charge is -2.01. The van der Waals surface area contributed by atoms with Gasteiger partial charge in [0.15, 0.2) is 0 Å². The molecule has 0 bridgehead atoms. The Hall–Kier alpha value is -0.830. The molecule has 0 aliphatic heterocycles. The lowest BCUT2D eigenvalue weighted by molar-refractivity contribution is -0.137. The van der Waals surface area contributed by atoms with Crippen molar-refractivity contribution in [3.63, 3.8) is 0 Å². The number of allylic oxidation sites excluding steroid dienone is 1. The number of hydrogen-bond donors (Lipinski definition) is 1. The van der Waals surface area contributed by atoms with E-state index in [-0.39, 0.29) is 12.6 Å². The van der Waals surface area contributed by atoms with E-state index in [9.17, 15) is 4.79 Å². The molecule has 14 heavy (non-hydrogen) atoms. The first kappa shape index (κ1) is 13.2. The fourth-order valence-electron chi connectivity index (χ4n) is 1.10. The molecule has 0 aromatic rings. The number of esters is 1. The summed E-state index contributed by atoms with van der Waals surface area (Å²) in [6.07, 6.45) is 8.09. The number of hydrogen-bond acceptors (Lipinski definition) is 3. The van der Waals surface area contributed by atoms with Crippen LogP contribution in [0.3, 0.4) is 0 Å². The molecule has 0 aromatic heterocycles. The van der Waals surface area contributed by atoms with E-state index in [0.717, 1.165) is 32.1 Å². The Morgan fingerprint density at radius 3 is 2.50 bits per heavy atom. The second kappa shape index (κ2) is 10.3. The Labute approximate surface area is 85.8 Å². The number of carbonyl (C=O) groups is 1. The molecule has 0 radical (unpaired) electrons. The summed E-state index contributed by atoms with van der Waals surface area (Å²) in [4.78, 5) is 10.8. The Morgan fingerprint density at radius 2 is 1.86 bits per heavy atom. The van der Waals surface area contributed by atoms with Crippen molar-refractivity contribution >= 4 is 5.97 Å². The van der Waals surface area contributed by atoms with Crippen LogP contribution in [0.4, 0.5) is 0 Å². The quantitative estimate of drug-likeness (QED) is 0.370. The van der Waals surface area contributed by atoms with E-state index >= 15 is 0 Å². The van der Waals surface area contributed by atoms with Crippen LogP contribution >= 0.6 is 0 Å². The molecule has 0 aliphatic carbocycles. The minimum Gasteiger partial charge on any atom is -0.463 e. The normalized spacial score (nSPS) is 10.7. The van der Waals surface area contributed by atoms with Crippen molar-refractivity contribution in [1.82, 2.24) is 0 Å². The van der Waals surface area contributed by atoms with Gasteiger partial charge >= 0.3 is 5.97 Å². The molecule has 0 atom stereocenters. The molecular formula is C11H20O3. The van der Waals surface area contributed by atoms with Crippen molar-refractivity contribution in [3.8, 4) is 0 Å². The first-order valence-corrected chi connectivity index (χ1v) is 5.21. The summed E-state index contributed by atoms with van der Waals surface area (Å²) in [6.45, 7) is 2.56. The highest BCUT2D eigenvalue weighted by molar-refractivity contribution is 5.81. The van der Waals surface area contributed by atoms with Crippen LogP contribution in [0, 0.1) is 0 Å². The summed E-state index contributed by atoms with van der Waals surface area (Å²) in [5.41, 5.74) is 0. The summed E-state index contributed by atoms with van der Waals surface area (Å²) in [5.74, 6) is -0.261. The minimum atomic E-state index is -0.261. The third-order valence-electron chi connectivity index (χ3n) is 1.85. The van der Waals surface area contributed by atoms with Crippen molar-refractivity contribution < 1.29 is 14.6 Å². The Balaban J connectivity index is 3.09. The molecule has 3 nitrogen and oxygen atoms in total. The van der Waals surface area contributed by atoms with Crippen molar-refractivity contribution in [2.24, 2.45) is 0 Å². The Bertz CT molecular complexity index is 164. The van der Waals surface area contributed by atoms with E-state index in [1.165, 1.54) is 6.08 Å². The molecule has 0 saturated carbocycles. The number of aliphatic hydroxyl groups excluding tert-OH is 1. The second-order valence-electron chi connectivity index (χ2n) is 3.16. The molecule has 0 aliphatic rings. The van der Waals surface area contributed by atoms with E-state index in [1.54, 1.807) is 13.0 Å². The van der Waals surface area contributed by atoms with Crippen LogP contribution in [0.1, 0.15) is 39.0 Å². The number of ether oxygens (including phenoxy) is 1. The third kappa shape index (κ3) is 9.26. The molecule has 82 valence electrons. The summed E-state index contributed by atoms with van der Waals surface area (Å²) < 4.78 is 4.91. The van der Waals surface area contributed by atoms with Crippen LogP contribution in [0.15, 0.2) is 12.2 Å². The molecule has 0 aromatic carbocycles. The van der Waals surface area contributed by atoms with Gasteiger partial charge in [0, 0.05) is 12.7 Å². The van der Waals surface area contributed by atoms with Gasteiger partial charge in [0.25, 0.3) is 0 Å². The monoisotopic (exact) mass is 200 g/mol. The molecule has 1 N–H and O–H groups in total. The first-order valence-electron chi connectivity index (χ1n) is 5.21. The Kier molecular flexibility index (Phi) is 9.64. The van der Waals surface area contributed by atoms with Gasteiger partial charge in [0.2, 0.25) is 0 Å². The van der Waals surface area contributed by atoms with Gasteiger partial charge in [-0.15, -0.1) is 0 Å². The first-order chi connectivity index (χ1) is 6.81. The standard InChI is InChI=1S/C11H20O3/c1-2-8-11(13)14-10-7-5-3-4-6-9-12/h2,8,12H,3-7,9-10H2,1H3/b8-2+. The molecule has 0 spiro atoms. The van der Waals surface area contributed by atoms with Gasteiger partial charge in [-0.05, 0) is 19.8 Å². The summed E-state index contributed by atoms with van der Waals surface area (Å²) in [7, 11) is 0. The zero-order valence-electron chi connectivity index (χ0n) is 8.87. The van der Waals surface area contributed by atoms with Crippen molar-refractivity contribution in [2.45, 2.75) is 39.0 Å². The summed E-state index contributed by atoms with van der Waals surface area (Å²) in [5, 5.41) is 8.52. The van der Waals surface area contributed by atoms with Crippen LogP contribution in [0.5, 0.6) is 0 Å². The van der Waals surface area contributed by atoms with Gasteiger partial charge < -0.3 is 9.84 Å². The lowest BCUT2D eigenvalue weighted by atomic mass is 10.1. The zero-order valence-corrected chi connectivity index (χ0v) is 8.87. The fraction of sp³-hybridized carbons (Fsp3) is 0.727. The van der Waals surface area contributed by atoms with Gasteiger partial charge in [0.1, 0.15) is 0 Å². The number of carbonyl (C=O) groups excluding carboxylic acids is 1. The molecule has 0 heterocycles. The van der Waals surface area contributed by atoms with E-state index < -0.39 is 0 Å². The fourth-order valence-corrected chi connectivity index (χ4v) is 1.10. The van der Waals surface area contributed by atoms with E-state index in [0.29, 0.717) is 6.61 Å². The average molecular weight is 200 g/mol. The number of aliphatic hydroxyl groups is 1. The van der Waals surface area contributed by atoms with Gasteiger partial charge in [-0.1, -0.05) is 25.3 Å². The van der Waals surface area contributed by atoms with E-state index in [2.05, 4.69) is 0 Å². The van der Waals surface area contributed by atoms with Crippen LogP contribution in [0.2, 0.25) is 0 Å². The molecule has 0 fully saturated rings. The summed E-state index contributed by atoms with van der Waals surface area (Å²) >= 11 is 0. The predicted octanol–water partition coefficient (Wildman–Crippen LogP) is 2.05. The average Bonchev–Trinajstić information content (AvgIpc) is 2.17. The topological polar surface area (TPSA) is 46.5 Å². The molecule has 0 amide bonds. The van der Waals surface area contributed by atoms with Crippen molar-refractivity contribution in [1.29, 1.82) is 0 Å². The number of rotatable bonds is 8. The molecule has 0 rings (SSSR count). The van der Waals surface area contributed by atoms with Crippen molar-refractivity contribution in [2.75, 3.05) is 13.2 Å². The third-order valence-corrected chi connectivity index (χ3v) is 1.85. The summed E-state index contributed by atoms with van der Waals surface area (Å²) in [6, 6.07) is 0. The Morgan fingerprint density at radius 1 is 1.21 bits per heavy atom. The van der Waals surface area contributed by atoms with Gasteiger partial charge in [-0.25, -0.2) is 4.79 Å². The van der Waals surface area contributed by atoms with Gasteiger partial charge in [-0.3, -0.25) is 0 Å². The highest BCUT2D eigenvalue weighted by Crippen LogP contribution is 2.02. The molecular weight excluding hydrogens is 180 g/mol. The van der Waals surface area contributed by atoms with Gasteiger partial charge in [0.05, 0.1) is 6.61 Å².